The number of hydrogen-bond acceptors (Lipinski definition) is 6. The van der Waals surface area contributed by atoms with Crippen LogP contribution in [0.3, 0.4) is 0 Å². The molecule has 0 saturated carbocycles. The Morgan fingerprint density at radius 3 is 2.33 bits per heavy atom. The largest absolute Gasteiger partial charge is 0.466 e. The van der Waals surface area contributed by atoms with Gasteiger partial charge in [0.1, 0.15) is 6.61 Å². The number of nitrogens with one attached hydrogen (secondary N) is 1. The molecule has 0 aliphatic carbocycles. The van der Waals surface area contributed by atoms with Crippen LogP contribution in [0.4, 0.5) is 11.4 Å². The van der Waals surface area contributed by atoms with E-state index >= 15 is 0 Å². The molecule has 2 aromatic carbocycles. The third-order valence-corrected chi connectivity index (χ3v) is 3.54. The molecule has 0 aliphatic heterocycles. The second-order valence-electron chi connectivity index (χ2n) is 4.89. The average Bonchev–Trinajstić information content (AvgIpc) is 2.59. The van der Waals surface area contributed by atoms with Crippen LogP contribution >= 0.6 is 12.2 Å². The van der Waals surface area contributed by atoms with Gasteiger partial charge in [-0.2, -0.15) is 0 Å². The number of nitrogens with zero attached hydrogens (tertiary/aromatic N) is 1. The highest BCUT2D eigenvalue weighted by Crippen LogP contribution is 2.25. The van der Waals surface area contributed by atoms with Crippen molar-refractivity contribution in [2.24, 2.45) is 0 Å². The summed E-state index contributed by atoms with van der Waals surface area (Å²) in [7, 11) is 0. The van der Waals surface area contributed by atoms with E-state index in [1.54, 1.807) is 12.1 Å². The minimum Gasteiger partial charge on any atom is -0.466 e. The average molecular weight is 348 g/mol. The Bertz CT molecular complexity index is 737. The molecular formula is C16H16N2O5S. The van der Waals surface area contributed by atoms with Crippen molar-refractivity contribution in [3.8, 4) is 0 Å². The van der Waals surface area contributed by atoms with Crippen LogP contribution in [0.5, 0.6) is 0 Å². The highest BCUT2D eigenvalue weighted by molar-refractivity contribution is 7.80. The molecule has 0 fully saturated rings. The highest BCUT2D eigenvalue weighted by Gasteiger charge is 2.18. The summed E-state index contributed by atoms with van der Waals surface area (Å²) in [6.07, 6.45) is 0. The number of aliphatic hydroxyl groups is 2. The van der Waals surface area contributed by atoms with Gasteiger partial charge in [0.05, 0.1) is 23.7 Å². The molecule has 8 heteroatoms. The summed E-state index contributed by atoms with van der Waals surface area (Å²) in [5, 5.41) is 32.7. The van der Waals surface area contributed by atoms with Crippen molar-refractivity contribution >= 4 is 28.8 Å². The molecule has 0 unspecified atom stereocenters. The fraction of sp³-hybridized carbons (Fsp3) is 0.188. The summed E-state index contributed by atoms with van der Waals surface area (Å²) in [5.41, 5.74) is 1.52. The van der Waals surface area contributed by atoms with Crippen molar-refractivity contribution in [1.82, 2.24) is 0 Å². The Morgan fingerprint density at radius 1 is 1.12 bits per heavy atom. The number of aliphatic hydroxyl groups excluding tert-OH is 2. The predicted molar refractivity (Wildman–Crippen MR) is 92.4 cm³/mol. The molecule has 0 bridgehead atoms. The van der Waals surface area contributed by atoms with Crippen molar-refractivity contribution in [1.29, 1.82) is 0 Å². The number of rotatable bonds is 6. The zero-order chi connectivity index (χ0) is 17.5. The van der Waals surface area contributed by atoms with E-state index in [0.29, 0.717) is 11.1 Å². The quantitative estimate of drug-likeness (QED) is 0.418. The molecule has 2 rings (SSSR count). The van der Waals surface area contributed by atoms with E-state index < -0.39 is 11.5 Å². The van der Waals surface area contributed by atoms with Crippen LogP contribution in [0.2, 0.25) is 0 Å². The SMILES string of the molecule is O=[N+]([O-])c1cc(CO)c(CO)cc1COC(=S)Nc1ccccc1. The molecular weight excluding hydrogens is 332 g/mol. The molecule has 0 amide bonds. The standard InChI is InChI=1S/C16H16N2O5S/c19-8-11-6-13(15(18(21)22)7-12(11)9-20)10-23-16(24)17-14-4-2-1-3-5-14/h1-7,19-20H,8-10H2,(H,17,24). The lowest BCUT2D eigenvalue weighted by Gasteiger charge is -2.12. The molecule has 3 N–H and O–H groups in total. The summed E-state index contributed by atoms with van der Waals surface area (Å²) in [5.74, 6) is 0. The van der Waals surface area contributed by atoms with Crippen LogP contribution in [0.1, 0.15) is 16.7 Å². The zero-order valence-electron chi connectivity index (χ0n) is 12.6. The molecule has 0 atom stereocenters. The van der Waals surface area contributed by atoms with Crippen molar-refractivity contribution in [2.45, 2.75) is 19.8 Å². The van der Waals surface area contributed by atoms with Gasteiger partial charge in [-0.1, -0.05) is 18.2 Å². The first kappa shape index (κ1) is 17.8. The summed E-state index contributed by atoms with van der Waals surface area (Å²) >= 11 is 5.06. The van der Waals surface area contributed by atoms with E-state index in [0.717, 1.165) is 5.69 Å². The molecule has 2 aromatic rings. The number of benzene rings is 2. The van der Waals surface area contributed by atoms with Crippen LogP contribution in [0.25, 0.3) is 0 Å². The molecule has 0 heterocycles. The Balaban J connectivity index is 2.13. The van der Waals surface area contributed by atoms with Crippen LogP contribution < -0.4 is 5.32 Å². The van der Waals surface area contributed by atoms with Crippen LogP contribution in [0.15, 0.2) is 42.5 Å². The topological polar surface area (TPSA) is 105 Å². The van der Waals surface area contributed by atoms with E-state index in [1.165, 1.54) is 12.1 Å². The van der Waals surface area contributed by atoms with E-state index in [4.69, 9.17) is 17.0 Å². The number of para-hydroxylation sites is 1. The number of nitro benzene ring substituents is 1. The van der Waals surface area contributed by atoms with Crippen molar-refractivity contribution in [2.75, 3.05) is 5.32 Å². The smallest absolute Gasteiger partial charge is 0.276 e. The number of thiocarbonyl (C=S) groups is 1. The van der Waals surface area contributed by atoms with Gasteiger partial charge in [-0.05, 0) is 41.5 Å². The lowest BCUT2D eigenvalue weighted by molar-refractivity contribution is -0.385. The minimum absolute atomic E-state index is 0.0762. The molecule has 0 aromatic heterocycles. The molecule has 0 radical (unpaired) electrons. The Hall–Kier alpha value is -2.55. The van der Waals surface area contributed by atoms with Gasteiger partial charge in [-0.15, -0.1) is 0 Å². The highest BCUT2D eigenvalue weighted by atomic mass is 32.1. The summed E-state index contributed by atoms with van der Waals surface area (Å²) in [6.45, 7) is -0.868. The lowest BCUT2D eigenvalue weighted by Crippen LogP contribution is -2.14. The van der Waals surface area contributed by atoms with Crippen molar-refractivity contribution in [3.63, 3.8) is 0 Å². The van der Waals surface area contributed by atoms with E-state index in [2.05, 4.69) is 5.32 Å². The molecule has 126 valence electrons. The number of ether oxygens (including phenoxy) is 1. The fourth-order valence-corrected chi connectivity index (χ4v) is 2.30. The molecule has 7 nitrogen and oxygen atoms in total. The second kappa shape index (κ2) is 8.34. The summed E-state index contributed by atoms with van der Waals surface area (Å²) in [6, 6.07) is 11.8. The third-order valence-electron chi connectivity index (χ3n) is 3.32. The fourth-order valence-electron chi connectivity index (χ4n) is 2.13. The van der Waals surface area contributed by atoms with Crippen LogP contribution in [0, 0.1) is 10.1 Å². The van der Waals surface area contributed by atoms with Crippen LogP contribution in [-0.2, 0) is 24.6 Å². The number of nitro groups is 1. The lowest BCUT2D eigenvalue weighted by atomic mass is 10.0. The van der Waals surface area contributed by atoms with Gasteiger partial charge < -0.3 is 20.3 Å². The normalized spacial score (nSPS) is 10.2. The van der Waals surface area contributed by atoms with Crippen molar-refractivity contribution in [3.05, 3.63) is 69.3 Å². The van der Waals surface area contributed by atoms with Gasteiger partial charge in [0.15, 0.2) is 0 Å². The van der Waals surface area contributed by atoms with Gasteiger partial charge in [0.2, 0.25) is 0 Å². The van der Waals surface area contributed by atoms with E-state index in [9.17, 15) is 20.3 Å². The van der Waals surface area contributed by atoms with Gasteiger partial charge in [-0.25, -0.2) is 0 Å². The molecule has 24 heavy (non-hydrogen) atoms. The number of hydrogen-bond donors (Lipinski definition) is 3. The van der Waals surface area contributed by atoms with Crippen molar-refractivity contribution < 1.29 is 19.9 Å². The first-order chi connectivity index (χ1) is 11.5. The van der Waals surface area contributed by atoms with Gasteiger partial charge in [0.25, 0.3) is 10.9 Å². The maximum atomic E-state index is 11.2. The predicted octanol–water partition coefficient (Wildman–Crippen LogP) is 2.49. The Labute approximate surface area is 143 Å². The third kappa shape index (κ3) is 4.48. The van der Waals surface area contributed by atoms with Gasteiger partial charge in [-0.3, -0.25) is 10.1 Å². The maximum Gasteiger partial charge on any atom is 0.276 e. The zero-order valence-corrected chi connectivity index (χ0v) is 13.5. The molecule has 0 spiro atoms. The summed E-state index contributed by atoms with van der Waals surface area (Å²) < 4.78 is 5.37. The Morgan fingerprint density at radius 2 is 1.75 bits per heavy atom. The first-order valence-corrected chi connectivity index (χ1v) is 7.45. The van der Waals surface area contributed by atoms with E-state index in [1.807, 2.05) is 18.2 Å². The van der Waals surface area contributed by atoms with E-state index in [-0.39, 0.29) is 29.6 Å². The second-order valence-corrected chi connectivity index (χ2v) is 5.26. The monoisotopic (exact) mass is 348 g/mol. The minimum atomic E-state index is -0.563. The molecule has 0 aliphatic rings. The Kier molecular flexibility index (Phi) is 6.19. The summed E-state index contributed by atoms with van der Waals surface area (Å²) in [4.78, 5) is 10.6. The maximum absolute atomic E-state index is 11.2. The van der Waals surface area contributed by atoms with Gasteiger partial charge in [0, 0.05) is 11.8 Å². The number of anilines is 1. The molecule has 0 saturated heterocycles. The van der Waals surface area contributed by atoms with Crippen LogP contribution in [-0.4, -0.2) is 20.3 Å². The van der Waals surface area contributed by atoms with Gasteiger partial charge >= 0.3 is 0 Å². The first-order valence-electron chi connectivity index (χ1n) is 7.04.